The predicted molar refractivity (Wildman–Crippen MR) is 115 cm³/mol. The molecular weight excluding hydrogens is 379 g/mol. The number of halogens is 2. The molecule has 1 aliphatic heterocycles. The molecule has 5 nitrogen and oxygen atoms in total. The Morgan fingerprint density at radius 1 is 1.36 bits per heavy atom. The Kier molecular flexibility index (Phi) is 10.0. The second-order valence-corrected chi connectivity index (χ2v) is 7.83. The zero-order valence-electron chi connectivity index (χ0n) is 17.3. The molecule has 0 unspecified atom stereocenters. The van der Waals surface area contributed by atoms with Crippen molar-refractivity contribution >= 4 is 17.6 Å². The van der Waals surface area contributed by atoms with Crippen molar-refractivity contribution in [3.8, 4) is 0 Å². The van der Waals surface area contributed by atoms with Crippen LogP contribution >= 0.6 is 11.6 Å². The van der Waals surface area contributed by atoms with Crippen molar-refractivity contribution in [1.29, 1.82) is 0 Å². The quantitative estimate of drug-likeness (QED) is 0.481. The molecule has 1 fully saturated rings. The second-order valence-electron chi connectivity index (χ2n) is 7.43. The molecule has 2 N–H and O–H groups in total. The van der Waals surface area contributed by atoms with E-state index in [1.165, 1.54) is 12.1 Å². The third-order valence-electron chi connectivity index (χ3n) is 4.80. The number of hydrogen-bond acceptors (Lipinski definition) is 3. The summed E-state index contributed by atoms with van der Waals surface area (Å²) in [5.41, 5.74) is 0.916. The standard InChI is InChI=1S/C21H34ClFN4O/c1-4-24-21(25-10-7-17-5-6-18(23)15-20(17)22)26-19-8-11-27(12-9-19)13-14-28-16(2)3/h5-6,15-16,19H,4,7-14H2,1-3H3,(H2,24,25,26). The molecule has 1 aromatic carbocycles. The van der Waals surface area contributed by atoms with Gasteiger partial charge < -0.3 is 20.3 Å². The molecule has 1 aliphatic rings. The van der Waals surface area contributed by atoms with Gasteiger partial charge in [0.25, 0.3) is 0 Å². The van der Waals surface area contributed by atoms with Crippen LogP contribution in [0.3, 0.4) is 0 Å². The molecule has 0 amide bonds. The molecule has 0 aromatic heterocycles. The zero-order chi connectivity index (χ0) is 20.4. The van der Waals surface area contributed by atoms with Crippen LogP contribution in [0.15, 0.2) is 23.2 Å². The molecule has 0 bridgehead atoms. The minimum Gasteiger partial charge on any atom is -0.377 e. The maximum absolute atomic E-state index is 13.1. The van der Waals surface area contributed by atoms with E-state index >= 15 is 0 Å². The normalized spacial score (nSPS) is 16.6. The van der Waals surface area contributed by atoms with Crippen molar-refractivity contribution in [3.05, 3.63) is 34.6 Å². The highest BCUT2D eigenvalue weighted by Gasteiger charge is 2.19. The highest BCUT2D eigenvalue weighted by atomic mass is 35.5. The molecule has 1 aromatic rings. The maximum atomic E-state index is 13.1. The van der Waals surface area contributed by atoms with E-state index in [-0.39, 0.29) is 5.82 Å². The average molecular weight is 413 g/mol. The van der Waals surface area contributed by atoms with Crippen LogP contribution in [0.4, 0.5) is 4.39 Å². The topological polar surface area (TPSA) is 48.9 Å². The van der Waals surface area contributed by atoms with E-state index in [9.17, 15) is 4.39 Å². The third kappa shape index (κ3) is 8.33. The summed E-state index contributed by atoms with van der Waals surface area (Å²) in [6.45, 7) is 11.6. The molecule has 0 atom stereocenters. The average Bonchev–Trinajstić information content (AvgIpc) is 2.65. The lowest BCUT2D eigenvalue weighted by molar-refractivity contribution is 0.0532. The smallest absolute Gasteiger partial charge is 0.191 e. The van der Waals surface area contributed by atoms with Gasteiger partial charge in [-0.05, 0) is 57.7 Å². The first kappa shape index (κ1) is 22.9. The van der Waals surface area contributed by atoms with Crippen LogP contribution in [0.2, 0.25) is 5.02 Å². The van der Waals surface area contributed by atoms with Gasteiger partial charge in [-0.2, -0.15) is 0 Å². The van der Waals surface area contributed by atoms with Crippen LogP contribution in [0.5, 0.6) is 0 Å². The van der Waals surface area contributed by atoms with Crippen molar-refractivity contribution in [2.24, 2.45) is 4.99 Å². The zero-order valence-corrected chi connectivity index (χ0v) is 18.1. The first-order valence-electron chi connectivity index (χ1n) is 10.3. The molecule has 0 spiro atoms. The number of benzene rings is 1. The SMILES string of the molecule is CCNC(=NCCc1ccc(F)cc1Cl)NC1CCN(CCOC(C)C)CC1. The van der Waals surface area contributed by atoms with E-state index in [1.54, 1.807) is 6.07 Å². The van der Waals surface area contributed by atoms with E-state index < -0.39 is 0 Å². The minimum atomic E-state index is -0.311. The number of aliphatic imine (C=N–C) groups is 1. The fourth-order valence-electron chi connectivity index (χ4n) is 3.24. The van der Waals surface area contributed by atoms with Crippen LogP contribution < -0.4 is 10.6 Å². The van der Waals surface area contributed by atoms with E-state index in [1.807, 2.05) is 0 Å². The Morgan fingerprint density at radius 2 is 2.11 bits per heavy atom. The number of rotatable bonds is 9. The maximum Gasteiger partial charge on any atom is 0.191 e. The Hall–Kier alpha value is -1.37. The number of likely N-dealkylation sites (tertiary alicyclic amines) is 1. The monoisotopic (exact) mass is 412 g/mol. The molecule has 0 aliphatic carbocycles. The lowest BCUT2D eigenvalue weighted by atomic mass is 10.1. The van der Waals surface area contributed by atoms with Gasteiger partial charge in [0.05, 0.1) is 12.7 Å². The summed E-state index contributed by atoms with van der Waals surface area (Å²) in [4.78, 5) is 7.12. The number of ether oxygens (including phenoxy) is 1. The summed E-state index contributed by atoms with van der Waals surface area (Å²) in [5, 5.41) is 7.32. The summed E-state index contributed by atoms with van der Waals surface area (Å²) in [6.07, 6.45) is 3.17. The number of guanidine groups is 1. The van der Waals surface area contributed by atoms with E-state index in [2.05, 4.69) is 41.3 Å². The molecule has 2 rings (SSSR count). The van der Waals surface area contributed by atoms with Crippen molar-refractivity contribution in [2.75, 3.05) is 39.3 Å². The second kappa shape index (κ2) is 12.2. The first-order chi connectivity index (χ1) is 13.5. The Morgan fingerprint density at radius 3 is 2.75 bits per heavy atom. The van der Waals surface area contributed by atoms with Gasteiger partial charge >= 0.3 is 0 Å². The number of nitrogens with one attached hydrogen (secondary N) is 2. The molecule has 7 heteroatoms. The Bertz CT molecular complexity index is 618. The predicted octanol–water partition coefficient (Wildman–Crippen LogP) is 3.47. The van der Waals surface area contributed by atoms with Gasteiger partial charge in [-0.25, -0.2) is 4.39 Å². The van der Waals surface area contributed by atoms with E-state index in [4.69, 9.17) is 16.3 Å². The number of nitrogens with zero attached hydrogens (tertiary/aromatic N) is 2. The molecule has 0 saturated carbocycles. The Balaban J connectivity index is 1.76. The van der Waals surface area contributed by atoms with E-state index in [0.29, 0.717) is 30.1 Å². The van der Waals surface area contributed by atoms with Gasteiger partial charge in [0.2, 0.25) is 0 Å². The van der Waals surface area contributed by atoms with Crippen LogP contribution in [0, 0.1) is 5.82 Å². The highest BCUT2D eigenvalue weighted by molar-refractivity contribution is 6.31. The van der Waals surface area contributed by atoms with Gasteiger partial charge in [-0.3, -0.25) is 4.99 Å². The van der Waals surface area contributed by atoms with Crippen molar-refractivity contribution in [2.45, 2.75) is 52.2 Å². The van der Waals surface area contributed by atoms with Crippen molar-refractivity contribution in [3.63, 3.8) is 0 Å². The highest BCUT2D eigenvalue weighted by Crippen LogP contribution is 2.17. The minimum absolute atomic E-state index is 0.294. The lowest BCUT2D eigenvalue weighted by Crippen LogP contribution is -2.49. The third-order valence-corrected chi connectivity index (χ3v) is 5.15. The van der Waals surface area contributed by atoms with E-state index in [0.717, 1.165) is 57.2 Å². The fraction of sp³-hybridized carbons (Fsp3) is 0.667. The molecule has 1 saturated heterocycles. The molecule has 0 radical (unpaired) electrons. The molecule has 1 heterocycles. The summed E-state index contributed by atoms with van der Waals surface area (Å²) < 4.78 is 18.8. The van der Waals surface area contributed by atoms with Gasteiger partial charge in [0, 0.05) is 43.8 Å². The summed E-state index contributed by atoms with van der Waals surface area (Å²) >= 11 is 6.10. The summed E-state index contributed by atoms with van der Waals surface area (Å²) in [5.74, 6) is 0.525. The number of piperidine rings is 1. The first-order valence-corrected chi connectivity index (χ1v) is 10.7. The molecule has 28 heavy (non-hydrogen) atoms. The summed E-state index contributed by atoms with van der Waals surface area (Å²) in [6, 6.07) is 4.94. The van der Waals surface area contributed by atoms with Gasteiger partial charge in [0.15, 0.2) is 5.96 Å². The van der Waals surface area contributed by atoms with Gasteiger partial charge in [0.1, 0.15) is 5.82 Å². The van der Waals surface area contributed by atoms with Gasteiger partial charge in [-0.1, -0.05) is 17.7 Å². The van der Waals surface area contributed by atoms with Crippen LogP contribution in [-0.4, -0.2) is 62.3 Å². The molecule has 158 valence electrons. The van der Waals surface area contributed by atoms with Gasteiger partial charge in [-0.15, -0.1) is 0 Å². The van der Waals surface area contributed by atoms with Crippen LogP contribution in [0.25, 0.3) is 0 Å². The van der Waals surface area contributed by atoms with Crippen LogP contribution in [0.1, 0.15) is 39.2 Å². The largest absolute Gasteiger partial charge is 0.377 e. The van der Waals surface area contributed by atoms with Crippen molar-refractivity contribution in [1.82, 2.24) is 15.5 Å². The Labute approximate surface area is 173 Å². The van der Waals surface area contributed by atoms with Crippen molar-refractivity contribution < 1.29 is 9.13 Å². The lowest BCUT2D eigenvalue weighted by Gasteiger charge is -2.33. The summed E-state index contributed by atoms with van der Waals surface area (Å²) in [7, 11) is 0. The molecular formula is C21H34ClFN4O. The number of hydrogen-bond donors (Lipinski definition) is 2. The van der Waals surface area contributed by atoms with Crippen LogP contribution in [-0.2, 0) is 11.2 Å². The fourth-order valence-corrected chi connectivity index (χ4v) is 3.51.